The van der Waals surface area contributed by atoms with E-state index >= 15 is 0 Å². The molecule has 1 N–H and O–H groups in total. The van der Waals surface area contributed by atoms with Crippen LogP contribution >= 0.6 is 0 Å². The van der Waals surface area contributed by atoms with Crippen LogP contribution in [0.4, 0.5) is 10.5 Å². The predicted octanol–water partition coefficient (Wildman–Crippen LogP) is 4.22. The Labute approximate surface area is 132 Å². The predicted molar refractivity (Wildman–Crippen MR) is 90.1 cm³/mol. The van der Waals surface area contributed by atoms with Gasteiger partial charge in [-0.2, -0.15) is 0 Å². The van der Waals surface area contributed by atoms with Gasteiger partial charge in [0.15, 0.2) is 0 Å². The van der Waals surface area contributed by atoms with Crippen LogP contribution in [0.5, 0.6) is 0 Å². The van der Waals surface area contributed by atoms with E-state index in [1.165, 1.54) is 5.56 Å². The summed E-state index contributed by atoms with van der Waals surface area (Å²) in [5, 5.41) is 3.24. The molecule has 0 atom stereocenters. The molecule has 0 aromatic heterocycles. The summed E-state index contributed by atoms with van der Waals surface area (Å²) < 4.78 is 0. The lowest BCUT2D eigenvalue weighted by Crippen LogP contribution is -2.45. The van der Waals surface area contributed by atoms with Crippen LogP contribution in [-0.4, -0.2) is 12.6 Å². The second kappa shape index (κ2) is 5.84. The Morgan fingerprint density at radius 3 is 2.45 bits per heavy atom. The quantitative estimate of drug-likeness (QED) is 0.899. The highest BCUT2D eigenvalue weighted by molar-refractivity contribution is 5.92. The van der Waals surface area contributed by atoms with Crippen molar-refractivity contribution in [2.75, 3.05) is 11.4 Å². The minimum Gasteiger partial charge on any atom is -0.328 e. The summed E-state index contributed by atoms with van der Waals surface area (Å²) in [5.74, 6) is 0. The molecule has 0 saturated heterocycles. The Balaban J connectivity index is 1.79. The molecule has 3 rings (SSSR count). The lowest BCUT2D eigenvalue weighted by atomic mass is 10.1. The first-order valence-electron chi connectivity index (χ1n) is 7.86. The van der Waals surface area contributed by atoms with E-state index in [0.29, 0.717) is 6.54 Å². The fraction of sp³-hybridized carbons (Fsp3) is 0.316. The van der Waals surface area contributed by atoms with Crippen molar-refractivity contribution in [3.63, 3.8) is 0 Å². The molecule has 0 heterocycles. The van der Waals surface area contributed by atoms with Gasteiger partial charge in [0.2, 0.25) is 0 Å². The van der Waals surface area contributed by atoms with Crippen molar-refractivity contribution in [3.05, 3.63) is 65.7 Å². The molecule has 0 spiro atoms. The highest BCUT2D eigenvalue weighted by Crippen LogP contribution is 2.45. The summed E-state index contributed by atoms with van der Waals surface area (Å²) in [6, 6.07) is 18.3. The highest BCUT2D eigenvalue weighted by Gasteiger charge is 2.46. The van der Waals surface area contributed by atoms with Crippen LogP contribution in [0.2, 0.25) is 0 Å². The van der Waals surface area contributed by atoms with Crippen LogP contribution in [0.15, 0.2) is 54.6 Å². The summed E-state index contributed by atoms with van der Waals surface area (Å²) in [5.41, 5.74) is 3.13. The molecular weight excluding hydrogens is 272 g/mol. The molecule has 0 bridgehead atoms. The molecule has 2 aromatic rings. The van der Waals surface area contributed by atoms with Crippen molar-refractivity contribution in [1.29, 1.82) is 0 Å². The zero-order chi connectivity index (χ0) is 15.6. The molecule has 22 heavy (non-hydrogen) atoms. The number of urea groups is 1. The maximum atomic E-state index is 12.7. The third kappa shape index (κ3) is 2.84. The molecule has 2 amide bonds. The number of aryl methyl sites for hydroxylation is 1. The number of nitrogens with zero attached hydrogens (tertiary/aromatic N) is 1. The van der Waals surface area contributed by atoms with Crippen molar-refractivity contribution in [2.45, 2.75) is 32.2 Å². The normalized spacial score (nSPS) is 15.2. The molecular formula is C19H22N2O. The second-order valence-corrected chi connectivity index (χ2v) is 5.96. The van der Waals surface area contributed by atoms with E-state index in [9.17, 15) is 4.79 Å². The highest BCUT2D eigenvalue weighted by atomic mass is 16.2. The van der Waals surface area contributed by atoms with Crippen molar-refractivity contribution in [2.24, 2.45) is 0 Å². The molecule has 1 aliphatic carbocycles. The van der Waals surface area contributed by atoms with Crippen LogP contribution in [0, 0.1) is 6.92 Å². The van der Waals surface area contributed by atoms with Gasteiger partial charge in [0.05, 0.1) is 5.54 Å². The Hall–Kier alpha value is -2.29. The van der Waals surface area contributed by atoms with Gasteiger partial charge in [-0.15, -0.1) is 0 Å². The third-order valence-electron chi connectivity index (χ3n) is 4.30. The Morgan fingerprint density at radius 1 is 1.14 bits per heavy atom. The largest absolute Gasteiger partial charge is 0.328 e. The van der Waals surface area contributed by atoms with E-state index in [1.807, 2.05) is 56.3 Å². The monoisotopic (exact) mass is 294 g/mol. The Morgan fingerprint density at radius 2 is 1.86 bits per heavy atom. The summed E-state index contributed by atoms with van der Waals surface area (Å²) >= 11 is 0. The van der Waals surface area contributed by atoms with E-state index in [1.54, 1.807) is 4.90 Å². The SMILES string of the molecule is CCN(C(=O)NC1(c2ccccc2)CC1)c1cccc(C)c1. The van der Waals surface area contributed by atoms with Crippen molar-refractivity contribution in [3.8, 4) is 0 Å². The first-order chi connectivity index (χ1) is 10.6. The summed E-state index contributed by atoms with van der Waals surface area (Å²) in [6.07, 6.45) is 2.02. The average Bonchev–Trinajstić information content (AvgIpc) is 3.30. The number of nitrogens with one attached hydrogen (secondary N) is 1. The lowest BCUT2D eigenvalue weighted by molar-refractivity contribution is 0.241. The number of anilines is 1. The zero-order valence-electron chi connectivity index (χ0n) is 13.2. The van der Waals surface area contributed by atoms with E-state index in [2.05, 4.69) is 17.4 Å². The van der Waals surface area contributed by atoms with Crippen LogP contribution in [-0.2, 0) is 5.54 Å². The van der Waals surface area contributed by atoms with Gasteiger partial charge in [-0.05, 0) is 49.9 Å². The van der Waals surface area contributed by atoms with Gasteiger partial charge in [-0.25, -0.2) is 4.79 Å². The Bertz CT molecular complexity index is 662. The molecule has 1 aliphatic rings. The third-order valence-corrected chi connectivity index (χ3v) is 4.30. The van der Waals surface area contributed by atoms with Crippen LogP contribution in [0.25, 0.3) is 0 Å². The molecule has 3 nitrogen and oxygen atoms in total. The topological polar surface area (TPSA) is 32.3 Å². The molecule has 1 saturated carbocycles. The molecule has 0 aliphatic heterocycles. The number of rotatable bonds is 4. The maximum Gasteiger partial charge on any atom is 0.322 e. The number of benzene rings is 2. The second-order valence-electron chi connectivity index (χ2n) is 5.96. The molecule has 0 unspecified atom stereocenters. The lowest BCUT2D eigenvalue weighted by Gasteiger charge is -2.26. The van der Waals surface area contributed by atoms with Crippen molar-refractivity contribution >= 4 is 11.7 Å². The summed E-state index contributed by atoms with van der Waals surface area (Å²) in [4.78, 5) is 14.5. The smallest absolute Gasteiger partial charge is 0.322 e. The molecule has 2 aromatic carbocycles. The molecule has 3 heteroatoms. The average molecular weight is 294 g/mol. The number of carbonyl (C=O) groups excluding carboxylic acids is 1. The van der Waals surface area contributed by atoms with Gasteiger partial charge in [-0.3, -0.25) is 4.90 Å². The molecule has 0 radical (unpaired) electrons. The number of hydrogen-bond acceptors (Lipinski definition) is 1. The van der Waals surface area contributed by atoms with Crippen LogP contribution < -0.4 is 10.2 Å². The van der Waals surface area contributed by atoms with Crippen LogP contribution in [0.3, 0.4) is 0 Å². The number of hydrogen-bond donors (Lipinski definition) is 1. The van der Waals surface area contributed by atoms with Gasteiger partial charge >= 0.3 is 6.03 Å². The first kappa shape index (κ1) is 14.6. The summed E-state index contributed by atoms with van der Waals surface area (Å²) in [6.45, 7) is 4.70. The standard InChI is InChI=1S/C19H22N2O/c1-3-21(17-11-7-8-15(2)14-17)18(22)20-19(12-13-19)16-9-5-4-6-10-16/h4-11,14H,3,12-13H2,1-2H3,(H,20,22). The van der Waals surface area contributed by atoms with E-state index in [-0.39, 0.29) is 11.6 Å². The number of carbonyl (C=O) groups is 1. The van der Waals surface area contributed by atoms with Gasteiger partial charge in [0.25, 0.3) is 0 Å². The van der Waals surface area contributed by atoms with Gasteiger partial charge in [0.1, 0.15) is 0 Å². The van der Waals surface area contributed by atoms with E-state index in [4.69, 9.17) is 0 Å². The van der Waals surface area contributed by atoms with Gasteiger partial charge in [-0.1, -0.05) is 42.5 Å². The Kier molecular flexibility index (Phi) is 3.88. The van der Waals surface area contributed by atoms with Crippen molar-refractivity contribution in [1.82, 2.24) is 5.32 Å². The summed E-state index contributed by atoms with van der Waals surface area (Å²) in [7, 11) is 0. The van der Waals surface area contributed by atoms with Crippen molar-refractivity contribution < 1.29 is 4.79 Å². The van der Waals surface area contributed by atoms with Gasteiger partial charge in [0, 0.05) is 12.2 Å². The fourth-order valence-corrected chi connectivity index (χ4v) is 2.88. The molecule has 114 valence electrons. The first-order valence-corrected chi connectivity index (χ1v) is 7.86. The minimum absolute atomic E-state index is 0.0190. The van der Waals surface area contributed by atoms with Crippen LogP contribution in [0.1, 0.15) is 30.9 Å². The molecule has 1 fully saturated rings. The van der Waals surface area contributed by atoms with E-state index < -0.39 is 0 Å². The van der Waals surface area contributed by atoms with E-state index in [0.717, 1.165) is 24.1 Å². The fourth-order valence-electron chi connectivity index (χ4n) is 2.88. The maximum absolute atomic E-state index is 12.7. The van der Waals surface area contributed by atoms with Gasteiger partial charge < -0.3 is 5.32 Å². The minimum atomic E-state index is -0.171. The zero-order valence-corrected chi connectivity index (χ0v) is 13.2. The number of amides is 2.